The van der Waals surface area contributed by atoms with Crippen molar-refractivity contribution in [2.24, 2.45) is 0 Å². The smallest absolute Gasteiger partial charge is 0.196 e. The van der Waals surface area contributed by atoms with Crippen molar-refractivity contribution in [1.29, 1.82) is 0 Å². The molecular formula is C11H9F3N2OS. The van der Waals surface area contributed by atoms with E-state index in [0.29, 0.717) is 10.9 Å². The summed E-state index contributed by atoms with van der Waals surface area (Å²) in [6.07, 6.45) is 2.86. The fraction of sp³-hybridized carbons (Fsp3) is 0.182. The summed E-state index contributed by atoms with van der Waals surface area (Å²) in [5.41, 5.74) is -0.119. The van der Waals surface area contributed by atoms with Gasteiger partial charge in [0.2, 0.25) is 0 Å². The lowest BCUT2D eigenvalue weighted by molar-refractivity contribution is 0.322. The summed E-state index contributed by atoms with van der Waals surface area (Å²) in [6, 6.07) is 1.99. The molecule has 0 aliphatic rings. The second-order valence-electron chi connectivity index (χ2n) is 3.35. The number of benzene rings is 1. The van der Waals surface area contributed by atoms with E-state index in [2.05, 4.69) is 4.98 Å². The van der Waals surface area contributed by atoms with Crippen molar-refractivity contribution in [2.45, 2.75) is 5.16 Å². The van der Waals surface area contributed by atoms with Gasteiger partial charge in [0, 0.05) is 18.1 Å². The average Bonchev–Trinajstić information content (AvgIpc) is 2.82. The van der Waals surface area contributed by atoms with Gasteiger partial charge in [-0.1, -0.05) is 11.8 Å². The number of rotatable bonds is 4. The van der Waals surface area contributed by atoms with Gasteiger partial charge in [0.15, 0.2) is 22.6 Å². The molecule has 0 saturated heterocycles. The Morgan fingerprint density at radius 2 is 2.00 bits per heavy atom. The third-order valence-electron chi connectivity index (χ3n) is 2.20. The number of hydrogen-bond donors (Lipinski definition) is 1. The Morgan fingerprint density at radius 3 is 2.72 bits per heavy atom. The molecule has 1 aromatic carbocycles. The molecule has 2 aromatic rings. The summed E-state index contributed by atoms with van der Waals surface area (Å²) in [5, 5.41) is 9.12. The Hall–Kier alpha value is -1.47. The van der Waals surface area contributed by atoms with Crippen molar-refractivity contribution in [3.8, 4) is 5.69 Å². The van der Waals surface area contributed by atoms with Gasteiger partial charge in [-0.25, -0.2) is 18.2 Å². The Kier molecular flexibility index (Phi) is 3.93. The average molecular weight is 274 g/mol. The van der Waals surface area contributed by atoms with Crippen LogP contribution in [-0.2, 0) is 0 Å². The number of hydrogen-bond acceptors (Lipinski definition) is 3. The van der Waals surface area contributed by atoms with Crippen LogP contribution in [0, 0.1) is 17.5 Å². The summed E-state index contributed by atoms with van der Waals surface area (Å²) in [5.74, 6) is -3.64. The van der Waals surface area contributed by atoms with E-state index in [4.69, 9.17) is 5.11 Å². The fourth-order valence-electron chi connectivity index (χ4n) is 1.42. The molecule has 0 aliphatic carbocycles. The Morgan fingerprint density at radius 1 is 1.22 bits per heavy atom. The maximum atomic E-state index is 13.6. The van der Waals surface area contributed by atoms with Crippen LogP contribution in [0.5, 0.6) is 0 Å². The molecule has 0 saturated carbocycles. The normalized spacial score (nSPS) is 10.9. The molecule has 1 N–H and O–H groups in total. The molecule has 1 heterocycles. The van der Waals surface area contributed by atoms with Gasteiger partial charge in [0.1, 0.15) is 0 Å². The molecule has 96 valence electrons. The number of thioether (sulfide) groups is 1. The zero-order chi connectivity index (χ0) is 13.1. The third kappa shape index (κ3) is 2.37. The van der Waals surface area contributed by atoms with E-state index in [1.54, 1.807) is 0 Å². The summed E-state index contributed by atoms with van der Waals surface area (Å²) >= 11 is 1.19. The summed E-state index contributed by atoms with van der Waals surface area (Å²) in [6.45, 7) is -0.0578. The van der Waals surface area contributed by atoms with E-state index in [1.807, 2.05) is 0 Å². The van der Waals surface area contributed by atoms with Crippen LogP contribution in [0.4, 0.5) is 13.2 Å². The van der Waals surface area contributed by atoms with Crippen molar-refractivity contribution >= 4 is 11.8 Å². The van der Waals surface area contributed by atoms with Gasteiger partial charge in [-0.15, -0.1) is 0 Å². The van der Waals surface area contributed by atoms with Crippen LogP contribution in [0.2, 0.25) is 0 Å². The van der Waals surface area contributed by atoms with Crippen molar-refractivity contribution in [2.75, 3.05) is 12.4 Å². The second kappa shape index (κ2) is 5.45. The number of aromatic nitrogens is 2. The van der Waals surface area contributed by atoms with Crippen LogP contribution in [0.25, 0.3) is 5.69 Å². The highest BCUT2D eigenvalue weighted by molar-refractivity contribution is 7.99. The van der Waals surface area contributed by atoms with E-state index in [1.165, 1.54) is 28.7 Å². The molecule has 0 amide bonds. The highest BCUT2D eigenvalue weighted by Gasteiger charge is 2.16. The van der Waals surface area contributed by atoms with Gasteiger partial charge in [-0.05, 0) is 12.1 Å². The Labute approximate surface area is 105 Å². The topological polar surface area (TPSA) is 38.1 Å². The quantitative estimate of drug-likeness (QED) is 0.687. The highest BCUT2D eigenvalue weighted by atomic mass is 32.2. The SMILES string of the molecule is OCCSc1nccn1-c1ccc(F)c(F)c1F. The van der Waals surface area contributed by atoms with Crippen molar-refractivity contribution in [1.82, 2.24) is 9.55 Å². The first-order valence-corrected chi connectivity index (χ1v) is 6.04. The lowest BCUT2D eigenvalue weighted by atomic mass is 10.3. The molecule has 0 radical (unpaired) electrons. The van der Waals surface area contributed by atoms with Crippen LogP contribution in [0.15, 0.2) is 29.7 Å². The van der Waals surface area contributed by atoms with E-state index < -0.39 is 17.5 Å². The molecule has 0 unspecified atom stereocenters. The third-order valence-corrected chi connectivity index (χ3v) is 3.15. The van der Waals surface area contributed by atoms with Crippen LogP contribution in [-0.4, -0.2) is 27.0 Å². The zero-order valence-electron chi connectivity index (χ0n) is 9.11. The van der Waals surface area contributed by atoms with Gasteiger partial charge >= 0.3 is 0 Å². The van der Waals surface area contributed by atoms with Crippen LogP contribution >= 0.6 is 11.8 Å². The second-order valence-corrected chi connectivity index (χ2v) is 4.41. The summed E-state index contributed by atoms with van der Waals surface area (Å²) in [7, 11) is 0. The lowest BCUT2D eigenvalue weighted by Crippen LogP contribution is -2.03. The number of halogens is 3. The summed E-state index contributed by atoms with van der Waals surface area (Å²) < 4.78 is 40.9. The first-order chi connectivity index (χ1) is 8.65. The van der Waals surface area contributed by atoms with Crippen molar-refractivity contribution < 1.29 is 18.3 Å². The summed E-state index contributed by atoms with van der Waals surface area (Å²) in [4.78, 5) is 3.96. The monoisotopic (exact) mass is 274 g/mol. The number of imidazole rings is 1. The lowest BCUT2D eigenvalue weighted by Gasteiger charge is -2.08. The van der Waals surface area contributed by atoms with E-state index in [0.717, 1.165) is 12.1 Å². The van der Waals surface area contributed by atoms with Crippen LogP contribution in [0.1, 0.15) is 0 Å². The molecule has 7 heteroatoms. The zero-order valence-corrected chi connectivity index (χ0v) is 9.92. The van der Waals surface area contributed by atoms with Gasteiger partial charge in [-0.3, -0.25) is 4.57 Å². The Bertz CT molecular complexity index is 559. The van der Waals surface area contributed by atoms with Crippen molar-refractivity contribution in [3.05, 3.63) is 42.0 Å². The largest absolute Gasteiger partial charge is 0.396 e. The molecule has 2 rings (SSSR count). The highest BCUT2D eigenvalue weighted by Crippen LogP contribution is 2.24. The first-order valence-electron chi connectivity index (χ1n) is 5.06. The predicted octanol–water partition coefficient (Wildman–Crippen LogP) is 2.37. The standard InChI is InChI=1S/C11H9F3N2OS/c12-7-1-2-8(10(14)9(7)13)16-4-3-15-11(16)18-6-5-17/h1-4,17H,5-6H2. The molecule has 0 aliphatic heterocycles. The number of nitrogens with zero attached hydrogens (tertiary/aromatic N) is 2. The molecule has 3 nitrogen and oxygen atoms in total. The van der Waals surface area contributed by atoms with Gasteiger partial charge < -0.3 is 5.11 Å². The van der Waals surface area contributed by atoms with Crippen LogP contribution < -0.4 is 0 Å². The minimum atomic E-state index is -1.51. The van der Waals surface area contributed by atoms with E-state index in [9.17, 15) is 13.2 Å². The van der Waals surface area contributed by atoms with Crippen molar-refractivity contribution in [3.63, 3.8) is 0 Å². The van der Waals surface area contributed by atoms with E-state index in [-0.39, 0.29) is 12.3 Å². The van der Waals surface area contributed by atoms with Gasteiger partial charge in [-0.2, -0.15) is 0 Å². The maximum Gasteiger partial charge on any atom is 0.196 e. The van der Waals surface area contributed by atoms with Crippen LogP contribution in [0.3, 0.4) is 0 Å². The number of aliphatic hydroxyl groups is 1. The molecule has 0 fully saturated rings. The molecule has 18 heavy (non-hydrogen) atoms. The molecule has 1 aromatic heterocycles. The molecule has 0 atom stereocenters. The molecular weight excluding hydrogens is 265 g/mol. The Balaban J connectivity index is 2.43. The fourth-order valence-corrected chi connectivity index (χ4v) is 2.13. The minimum Gasteiger partial charge on any atom is -0.396 e. The van der Waals surface area contributed by atoms with E-state index >= 15 is 0 Å². The van der Waals surface area contributed by atoms with Gasteiger partial charge in [0.05, 0.1) is 12.3 Å². The molecule has 0 bridgehead atoms. The minimum absolute atomic E-state index is 0.0578. The molecule has 0 spiro atoms. The maximum absolute atomic E-state index is 13.6. The first kappa shape index (κ1) is 13.0. The predicted molar refractivity (Wildman–Crippen MR) is 61.2 cm³/mol. The van der Waals surface area contributed by atoms with Gasteiger partial charge in [0.25, 0.3) is 0 Å². The number of aliphatic hydroxyl groups excluding tert-OH is 1.